The first kappa shape index (κ1) is 17.5. The summed E-state index contributed by atoms with van der Waals surface area (Å²) in [5.41, 5.74) is 4.85. The standard InChI is InChI=1S/C9H10N2O2.C2HF3O2/c1-12-8-3-6(5-10)7(11)4-9(8)13-2;3-2(4,5)1(6)7/h3-4H,11H2,1-2H3;(H,6,7). The van der Waals surface area contributed by atoms with Gasteiger partial charge in [0.1, 0.15) is 23.3 Å². The van der Waals surface area contributed by atoms with E-state index < -0.39 is 12.1 Å². The number of carboxylic acid groups (broad SMARTS) is 1. The Morgan fingerprint density at radius 3 is 2.00 bits per heavy atom. The number of nitriles is 1. The number of carboxylic acids is 1. The molecule has 0 radical (unpaired) electrons. The molecule has 9 heteroatoms. The van der Waals surface area contributed by atoms with Crippen LogP contribution in [-0.2, 0) is 4.79 Å². The number of quaternary nitrogens is 1. The highest BCUT2D eigenvalue weighted by Crippen LogP contribution is 2.30. The monoisotopic (exact) mass is 292 g/mol. The molecule has 0 aliphatic rings. The molecule has 1 aromatic carbocycles. The Kier molecular flexibility index (Phi) is 6.31. The molecule has 1 aromatic rings. The van der Waals surface area contributed by atoms with Crippen molar-refractivity contribution in [1.82, 2.24) is 0 Å². The molecule has 3 N–H and O–H groups in total. The van der Waals surface area contributed by atoms with Crippen LogP contribution >= 0.6 is 0 Å². The molecule has 110 valence electrons. The molecule has 6 nitrogen and oxygen atoms in total. The zero-order chi connectivity index (χ0) is 15.9. The number of carbonyl (C=O) groups excluding carboxylic acids is 1. The highest BCUT2D eigenvalue weighted by Gasteiger charge is 2.28. The lowest BCUT2D eigenvalue weighted by Gasteiger charge is -2.07. The number of nitrogens with zero attached hydrogens (tertiary/aromatic N) is 1. The Morgan fingerprint density at radius 1 is 1.30 bits per heavy atom. The summed E-state index contributed by atoms with van der Waals surface area (Å²) < 4.78 is 41.6. The van der Waals surface area contributed by atoms with Crippen LogP contribution in [-0.4, -0.2) is 26.4 Å². The van der Waals surface area contributed by atoms with Crippen LogP contribution in [0.4, 0.5) is 18.9 Å². The largest absolute Gasteiger partial charge is 0.542 e. The van der Waals surface area contributed by atoms with Gasteiger partial charge in [0.2, 0.25) is 0 Å². The maximum atomic E-state index is 10.5. The Hall–Kier alpha value is -2.47. The second-order valence-electron chi connectivity index (χ2n) is 3.26. The van der Waals surface area contributed by atoms with Gasteiger partial charge in [0.05, 0.1) is 14.2 Å². The van der Waals surface area contributed by atoms with Gasteiger partial charge in [-0.15, -0.1) is 0 Å². The van der Waals surface area contributed by atoms with Gasteiger partial charge in [-0.25, -0.2) is 0 Å². The summed E-state index contributed by atoms with van der Waals surface area (Å²) in [5.74, 6) is -1.87. The van der Waals surface area contributed by atoms with Gasteiger partial charge < -0.3 is 25.1 Å². The first-order chi connectivity index (χ1) is 9.17. The van der Waals surface area contributed by atoms with E-state index in [1.165, 1.54) is 7.11 Å². The van der Waals surface area contributed by atoms with Crippen molar-refractivity contribution in [1.29, 1.82) is 5.26 Å². The van der Waals surface area contributed by atoms with Gasteiger partial charge in [-0.05, 0) is 0 Å². The van der Waals surface area contributed by atoms with E-state index in [2.05, 4.69) is 5.73 Å². The zero-order valence-corrected chi connectivity index (χ0v) is 10.6. The van der Waals surface area contributed by atoms with Gasteiger partial charge in [-0.3, -0.25) is 0 Å². The number of benzene rings is 1. The third kappa shape index (κ3) is 5.03. The molecule has 0 saturated heterocycles. The summed E-state index contributed by atoms with van der Waals surface area (Å²) >= 11 is 0. The molecule has 0 atom stereocenters. The fourth-order valence-electron chi connectivity index (χ4n) is 1.03. The summed E-state index contributed by atoms with van der Waals surface area (Å²) in [7, 11) is 3.07. The van der Waals surface area contributed by atoms with E-state index in [4.69, 9.17) is 24.6 Å². The summed E-state index contributed by atoms with van der Waals surface area (Å²) in [4.78, 5) is 8.78. The summed E-state index contributed by atoms with van der Waals surface area (Å²) in [6.07, 6.45) is -5.19. The SMILES string of the molecule is COc1cc([NH3+])c(C#N)cc1OC.O=C([O-])C(F)(F)F. The Balaban J connectivity index is 0.000000441. The Bertz CT molecular complexity index is 524. The Labute approximate surface area is 112 Å². The van der Waals surface area contributed by atoms with Gasteiger partial charge in [0, 0.05) is 12.1 Å². The first-order valence-electron chi connectivity index (χ1n) is 4.93. The molecular weight excluding hydrogens is 281 g/mol. The van der Waals surface area contributed by atoms with Crippen molar-refractivity contribution >= 4 is 11.7 Å². The van der Waals surface area contributed by atoms with Gasteiger partial charge in [0.15, 0.2) is 11.5 Å². The average Bonchev–Trinajstić information content (AvgIpc) is 2.37. The molecular formula is C11H11F3N2O4. The van der Waals surface area contributed by atoms with Crippen LogP contribution in [0.1, 0.15) is 5.56 Å². The topological polar surface area (TPSA) is 110 Å². The highest BCUT2D eigenvalue weighted by atomic mass is 19.4. The third-order valence-corrected chi connectivity index (χ3v) is 1.96. The molecule has 0 unspecified atom stereocenters. The van der Waals surface area contributed by atoms with E-state index in [0.29, 0.717) is 22.7 Å². The molecule has 0 aliphatic heterocycles. The van der Waals surface area contributed by atoms with Crippen molar-refractivity contribution in [2.24, 2.45) is 0 Å². The van der Waals surface area contributed by atoms with Gasteiger partial charge in [-0.1, -0.05) is 0 Å². The van der Waals surface area contributed by atoms with Crippen LogP contribution in [0, 0.1) is 11.3 Å². The third-order valence-electron chi connectivity index (χ3n) is 1.96. The normalized spacial score (nSPS) is 9.85. The van der Waals surface area contributed by atoms with Crippen molar-refractivity contribution < 1.29 is 38.3 Å². The fourth-order valence-corrected chi connectivity index (χ4v) is 1.03. The predicted octanol–water partition coefficient (Wildman–Crippen LogP) is -0.253. The molecule has 0 saturated carbocycles. The quantitative estimate of drug-likeness (QED) is 0.808. The number of alkyl halides is 3. The lowest BCUT2D eigenvalue weighted by Crippen LogP contribution is -2.41. The number of halogens is 3. The molecule has 0 spiro atoms. The van der Waals surface area contributed by atoms with Crippen LogP contribution in [0.15, 0.2) is 12.1 Å². The van der Waals surface area contributed by atoms with E-state index in [1.807, 2.05) is 6.07 Å². The molecule has 0 heterocycles. The number of hydrogen-bond acceptors (Lipinski definition) is 5. The maximum Gasteiger partial charge on any atom is 0.430 e. The number of hydrogen-bond donors (Lipinski definition) is 1. The molecule has 20 heavy (non-hydrogen) atoms. The molecule has 0 amide bonds. The lowest BCUT2D eigenvalue weighted by atomic mass is 10.2. The summed E-state index contributed by atoms with van der Waals surface area (Å²) in [6, 6.07) is 5.31. The summed E-state index contributed by atoms with van der Waals surface area (Å²) in [6.45, 7) is 0. The molecule has 0 bridgehead atoms. The van der Waals surface area contributed by atoms with Crippen molar-refractivity contribution in [3.63, 3.8) is 0 Å². The van der Waals surface area contributed by atoms with Crippen LogP contribution in [0.2, 0.25) is 0 Å². The second kappa shape index (κ2) is 7.20. The summed E-state index contributed by atoms with van der Waals surface area (Å²) in [5, 5.41) is 17.5. The molecule has 0 fully saturated rings. The minimum Gasteiger partial charge on any atom is -0.542 e. The zero-order valence-electron chi connectivity index (χ0n) is 10.6. The van der Waals surface area contributed by atoms with Crippen LogP contribution in [0.25, 0.3) is 0 Å². The predicted molar refractivity (Wildman–Crippen MR) is 57.9 cm³/mol. The van der Waals surface area contributed by atoms with Crippen molar-refractivity contribution in [3.8, 4) is 17.6 Å². The maximum absolute atomic E-state index is 10.5. The number of rotatable bonds is 2. The number of aliphatic carboxylic acids is 1. The average molecular weight is 292 g/mol. The number of ether oxygens (including phenoxy) is 2. The van der Waals surface area contributed by atoms with Gasteiger partial charge in [0.25, 0.3) is 0 Å². The van der Waals surface area contributed by atoms with E-state index in [0.717, 1.165) is 0 Å². The fraction of sp³-hybridized carbons (Fsp3) is 0.273. The first-order valence-corrected chi connectivity index (χ1v) is 4.93. The van der Waals surface area contributed by atoms with Crippen molar-refractivity contribution in [2.45, 2.75) is 6.18 Å². The van der Waals surface area contributed by atoms with E-state index in [1.54, 1.807) is 19.2 Å². The number of carbonyl (C=O) groups is 1. The minimum atomic E-state index is -5.19. The minimum absolute atomic E-state index is 0.498. The van der Waals surface area contributed by atoms with E-state index in [-0.39, 0.29) is 0 Å². The Morgan fingerprint density at radius 2 is 1.70 bits per heavy atom. The molecule has 0 aromatic heterocycles. The molecule has 1 rings (SSSR count). The van der Waals surface area contributed by atoms with Gasteiger partial charge in [-0.2, -0.15) is 18.4 Å². The van der Waals surface area contributed by atoms with E-state index in [9.17, 15) is 13.2 Å². The second-order valence-corrected chi connectivity index (χ2v) is 3.26. The van der Waals surface area contributed by atoms with Crippen molar-refractivity contribution in [3.05, 3.63) is 17.7 Å². The van der Waals surface area contributed by atoms with Crippen molar-refractivity contribution in [2.75, 3.05) is 14.2 Å². The van der Waals surface area contributed by atoms with Crippen LogP contribution in [0.3, 0.4) is 0 Å². The number of methoxy groups -OCH3 is 2. The lowest BCUT2D eigenvalue weighted by molar-refractivity contribution is -0.344. The van der Waals surface area contributed by atoms with Crippen LogP contribution < -0.4 is 20.3 Å². The van der Waals surface area contributed by atoms with Crippen LogP contribution in [0.5, 0.6) is 11.5 Å². The highest BCUT2D eigenvalue weighted by molar-refractivity contribution is 5.70. The van der Waals surface area contributed by atoms with E-state index >= 15 is 0 Å². The van der Waals surface area contributed by atoms with Gasteiger partial charge >= 0.3 is 6.18 Å². The smallest absolute Gasteiger partial charge is 0.430 e. The molecule has 0 aliphatic carbocycles.